The highest BCUT2D eigenvalue weighted by molar-refractivity contribution is 5.87. The number of fused-ring (bicyclic) bond motifs is 2. The average molecular weight is 793 g/mol. The van der Waals surface area contributed by atoms with E-state index in [0.29, 0.717) is 51.5 Å². The Morgan fingerprint density at radius 1 is 0.754 bits per heavy atom. The SMILES string of the molecule is Cc1c(F)c(F)cc2c(=O)n(N)c(=O)n(C3CC3)c12.Cc1c(N2CCC(C(N)CC#N)C2)c(F)cc2c(=O)n(N)c(=O)n(C3CC3)c12.N#CCC(N)C1CCNC1. The van der Waals surface area contributed by atoms with Crippen molar-refractivity contribution in [2.24, 2.45) is 23.3 Å². The lowest BCUT2D eigenvalue weighted by atomic mass is 9.97. The van der Waals surface area contributed by atoms with Gasteiger partial charge in [-0.3, -0.25) is 18.7 Å². The van der Waals surface area contributed by atoms with E-state index in [0.717, 1.165) is 57.7 Å². The maximum atomic E-state index is 15.1. The molecule has 4 atom stereocenters. The fraction of sp³-hybridized carbons (Fsp3) is 0.526. The van der Waals surface area contributed by atoms with E-state index in [1.54, 1.807) is 6.92 Å². The molecule has 2 aromatic heterocycles. The van der Waals surface area contributed by atoms with Crippen LogP contribution in [0.5, 0.6) is 0 Å². The van der Waals surface area contributed by atoms with Gasteiger partial charge in [-0.1, -0.05) is 0 Å². The number of nitrogen functional groups attached to an aromatic ring is 2. The number of nitriles is 2. The van der Waals surface area contributed by atoms with Crippen LogP contribution in [0.25, 0.3) is 21.8 Å². The van der Waals surface area contributed by atoms with Crippen molar-refractivity contribution in [1.82, 2.24) is 23.8 Å². The van der Waals surface area contributed by atoms with Crippen LogP contribution < -0.4 is 55.9 Å². The van der Waals surface area contributed by atoms with Gasteiger partial charge in [-0.25, -0.2) is 22.8 Å². The van der Waals surface area contributed by atoms with Gasteiger partial charge in [-0.15, -0.1) is 0 Å². The Hall–Kier alpha value is -5.63. The highest BCUT2D eigenvalue weighted by atomic mass is 19.2. The molecule has 4 aromatic rings. The topological polar surface area (TPSA) is 255 Å². The Labute approximate surface area is 324 Å². The van der Waals surface area contributed by atoms with Crippen molar-refractivity contribution in [3.8, 4) is 12.1 Å². The third kappa shape index (κ3) is 7.87. The predicted octanol–water partition coefficient (Wildman–Crippen LogP) is 1.36. The molecule has 4 unspecified atom stereocenters. The van der Waals surface area contributed by atoms with E-state index in [2.05, 4.69) is 17.5 Å². The lowest BCUT2D eigenvalue weighted by molar-refractivity contribution is 0.460. The molecule has 2 aromatic carbocycles. The molecule has 9 N–H and O–H groups in total. The molecular formula is C38H47F3N12O4. The number of benzene rings is 2. The van der Waals surface area contributed by atoms with Crippen LogP contribution in [-0.2, 0) is 0 Å². The minimum atomic E-state index is -1.12. The molecule has 16 nitrogen and oxygen atoms in total. The van der Waals surface area contributed by atoms with Crippen molar-refractivity contribution in [1.29, 1.82) is 10.5 Å². The molecule has 2 saturated carbocycles. The van der Waals surface area contributed by atoms with Crippen molar-refractivity contribution >= 4 is 27.5 Å². The molecule has 304 valence electrons. The van der Waals surface area contributed by atoms with Gasteiger partial charge >= 0.3 is 11.4 Å². The van der Waals surface area contributed by atoms with Crippen LogP contribution in [-0.4, -0.2) is 56.7 Å². The smallest absolute Gasteiger partial charge is 0.350 e. The molecule has 2 aliphatic heterocycles. The number of aryl methyl sites for hydroxylation is 2. The number of halogens is 3. The maximum Gasteiger partial charge on any atom is 0.350 e. The summed E-state index contributed by atoms with van der Waals surface area (Å²) in [6.45, 7) is 6.27. The Kier molecular flexibility index (Phi) is 11.8. The molecule has 57 heavy (non-hydrogen) atoms. The molecule has 4 aliphatic rings. The summed E-state index contributed by atoms with van der Waals surface area (Å²) in [4.78, 5) is 50.9. The van der Waals surface area contributed by atoms with Crippen molar-refractivity contribution in [3.63, 3.8) is 0 Å². The normalized spacial score (nSPS) is 20.0. The Bertz CT molecular complexity index is 2540. The van der Waals surface area contributed by atoms with E-state index in [1.807, 2.05) is 4.90 Å². The summed E-state index contributed by atoms with van der Waals surface area (Å²) in [6, 6.07) is 5.86. The van der Waals surface area contributed by atoms with E-state index >= 15 is 4.39 Å². The van der Waals surface area contributed by atoms with Crippen LogP contribution in [0.3, 0.4) is 0 Å². The summed E-state index contributed by atoms with van der Waals surface area (Å²) < 4.78 is 46.0. The van der Waals surface area contributed by atoms with E-state index in [-0.39, 0.29) is 58.4 Å². The number of hydrogen-bond acceptors (Lipinski definition) is 12. The van der Waals surface area contributed by atoms with Crippen molar-refractivity contribution in [2.45, 2.75) is 89.4 Å². The van der Waals surface area contributed by atoms with E-state index in [4.69, 9.17) is 33.7 Å². The second-order valence-corrected chi connectivity index (χ2v) is 15.3. The van der Waals surface area contributed by atoms with Crippen molar-refractivity contribution in [3.05, 3.63) is 82.4 Å². The summed E-state index contributed by atoms with van der Waals surface area (Å²) in [6.07, 6.45) is 5.81. The molecule has 19 heteroatoms. The second-order valence-electron chi connectivity index (χ2n) is 15.3. The molecule has 8 rings (SSSR count). The molecule has 0 spiro atoms. The van der Waals surface area contributed by atoms with Gasteiger partial charge in [0.15, 0.2) is 11.6 Å². The first kappa shape index (κ1) is 41.0. The van der Waals surface area contributed by atoms with E-state index < -0.39 is 39.9 Å². The first-order chi connectivity index (χ1) is 27.1. The van der Waals surface area contributed by atoms with Gasteiger partial charge in [0.2, 0.25) is 0 Å². The quantitative estimate of drug-likeness (QED) is 0.166. The molecule has 2 saturated heterocycles. The first-order valence-corrected chi connectivity index (χ1v) is 19.0. The van der Waals surface area contributed by atoms with Gasteiger partial charge in [0.25, 0.3) is 11.1 Å². The third-order valence-corrected chi connectivity index (χ3v) is 11.4. The fourth-order valence-electron chi connectivity index (χ4n) is 7.96. The summed E-state index contributed by atoms with van der Waals surface area (Å²) in [5.74, 6) is 9.00. The van der Waals surface area contributed by atoms with Crippen LogP contribution in [0.15, 0.2) is 31.3 Å². The highest BCUT2D eigenvalue weighted by Crippen LogP contribution is 2.40. The average Bonchev–Trinajstić information content (AvgIpc) is 4.10. The lowest BCUT2D eigenvalue weighted by Crippen LogP contribution is -2.44. The molecule has 0 amide bonds. The van der Waals surface area contributed by atoms with Crippen LogP contribution in [0.1, 0.15) is 74.6 Å². The second kappa shape index (κ2) is 16.5. The summed E-state index contributed by atoms with van der Waals surface area (Å²) in [5, 5.41) is 20.5. The van der Waals surface area contributed by atoms with Gasteiger partial charge in [0.1, 0.15) is 5.82 Å². The van der Waals surface area contributed by atoms with Gasteiger partial charge in [-0.2, -0.15) is 19.9 Å². The predicted molar refractivity (Wildman–Crippen MR) is 209 cm³/mol. The van der Waals surface area contributed by atoms with Gasteiger partial charge in [-0.05, 0) is 89.4 Å². The summed E-state index contributed by atoms with van der Waals surface area (Å²) in [5.41, 5.74) is 10.5. The number of nitrogens with zero attached hydrogens (tertiary/aromatic N) is 7. The largest absolute Gasteiger partial charge is 0.369 e. The molecule has 4 heterocycles. The number of nitrogens with one attached hydrogen (secondary N) is 1. The van der Waals surface area contributed by atoms with Crippen LogP contribution in [0, 0.1) is 65.8 Å². The van der Waals surface area contributed by atoms with Gasteiger partial charge in [0, 0.05) is 48.4 Å². The summed E-state index contributed by atoms with van der Waals surface area (Å²) in [7, 11) is 0. The minimum Gasteiger partial charge on any atom is -0.369 e. The van der Waals surface area contributed by atoms with Gasteiger partial charge in [0.05, 0.1) is 52.5 Å². The molecule has 0 bridgehead atoms. The van der Waals surface area contributed by atoms with E-state index in [9.17, 15) is 28.0 Å². The van der Waals surface area contributed by atoms with Crippen molar-refractivity contribution in [2.75, 3.05) is 42.8 Å². The Balaban J connectivity index is 0.000000162. The van der Waals surface area contributed by atoms with Crippen molar-refractivity contribution < 1.29 is 13.2 Å². The standard InChI is InChI=1S/C19H23FN6O2.C12H11F2N3O2.C7H13N3/c1-10-16-13(18(27)26(23)19(28)25(16)12-2-3-12)8-14(20)17(10)24-7-5-11(9-24)15(22)4-6-21;1-5-9(14)8(13)4-7-10(5)16(6-2-3-6)12(19)17(15)11(7)18;8-3-1-7(9)6-2-4-10-5-6/h8,11-12,15H,2-5,7,9,22-23H2,1H3;4,6H,2-3,15H2,1H3;6-7,10H,1-2,4-5,9H2. The number of anilines is 1. The Morgan fingerprint density at radius 3 is 1.72 bits per heavy atom. The number of nitrogens with two attached hydrogens (primary N) is 4. The third-order valence-electron chi connectivity index (χ3n) is 11.4. The van der Waals surface area contributed by atoms with Gasteiger partial charge < -0.3 is 33.4 Å². The minimum absolute atomic E-state index is 0.0159. The van der Waals surface area contributed by atoms with Crippen LogP contribution in [0.4, 0.5) is 18.9 Å². The highest BCUT2D eigenvalue weighted by Gasteiger charge is 2.34. The lowest BCUT2D eigenvalue weighted by Gasteiger charge is -2.25. The van der Waals surface area contributed by atoms with Crippen LogP contribution >= 0.6 is 0 Å². The zero-order valence-corrected chi connectivity index (χ0v) is 31.8. The molecule has 0 radical (unpaired) electrons. The monoisotopic (exact) mass is 792 g/mol. The molecule has 2 aliphatic carbocycles. The Morgan fingerprint density at radius 2 is 1.25 bits per heavy atom. The van der Waals surface area contributed by atoms with E-state index in [1.165, 1.54) is 22.1 Å². The van der Waals surface area contributed by atoms with Crippen LogP contribution in [0.2, 0.25) is 0 Å². The molecule has 4 fully saturated rings. The zero-order chi connectivity index (χ0) is 41.5. The zero-order valence-electron chi connectivity index (χ0n) is 31.8. The fourth-order valence-corrected chi connectivity index (χ4v) is 7.96. The number of aromatic nitrogens is 4. The number of hydrogen-bond donors (Lipinski definition) is 5. The molecular weight excluding hydrogens is 745 g/mol. The first-order valence-electron chi connectivity index (χ1n) is 19.0. The number of rotatable bonds is 7. The maximum absolute atomic E-state index is 15.1. The summed E-state index contributed by atoms with van der Waals surface area (Å²) >= 11 is 0.